The van der Waals surface area contributed by atoms with Gasteiger partial charge in [0.05, 0.1) is 11.7 Å². The predicted octanol–water partition coefficient (Wildman–Crippen LogP) is 3.55. The van der Waals surface area contributed by atoms with Crippen molar-refractivity contribution in [1.82, 2.24) is 0 Å². The zero-order valence-corrected chi connectivity index (χ0v) is 10.3. The van der Waals surface area contributed by atoms with Crippen molar-refractivity contribution in [2.45, 2.75) is 18.8 Å². The van der Waals surface area contributed by atoms with E-state index in [0.717, 1.165) is 11.3 Å². The summed E-state index contributed by atoms with van der Waals surface area (Å²) in [7, 11) is 0. The smallest absolute Gasteiger partial charge is 0.232 e. The summed E-state index contributed by atoms with van der Waals surface area (Å²) < 4.78 is 5.29. The summed E-state index contributed by atoms with van der Waals surface area (Å²) in [5.74, 6) is 0.755. The minimum atomic E-state index is -0.749. The van der Waals surface area contributed by atoms with Gasteiger partial charge in [-0.3, -0.25) is 4.79 Å². The third kappa shape index (κ3) is 2.42. The molecule has 17 heavy (non-hydrogen) atoms. The highest BCUT2D eigenvalue weighted by Crippen LogP contribution is 2.30. The number of hydrogen-bond acceptors (Lipinski definition) is 2. The van der Waals surface area contributed by atoms with Crippen LogP contribution in [0.5, 0.6) is 0 Å². The van der Waals surface area contributed by atoms with Crippen LogP contribution in [0.3, 0.4) is 0 Å². The molecule has 1 aromatic carbocycles. The second-order valence-corrected chi connectivity index (χ2v) is 4.57. The van der Waals surface area contributed by atoms with Gasteiger partial charge >= 0.3 is 0 Å². The van der Waals surface area contributed by atoms with Crippen LogP contribution in [0.15, 0.2) is 53.1 Å². The molecule has 0 aliphatic rings. The molecule has 1 atom stereocenters. The van der Waals surface area contributed by atoms with Crippen molar-refractivity contribution in [3.05, 3.63) is 60.1 Å². The van der Waals surface area contributed by atoms with Crippen molar-refractivity contribution in [2.24, 2.45) is 0 Å². The van der Waals surface area contributed by atoms with Crippen LogP contribution in [0.1, 0.15) is 18.2 Å². The molecule has 3 heteroatoms. The van der Waals surface area contributed by atoms with Crippen LogP contribution in [0.2, 0.25) is 0 Å². The molecule has 0 bridgehead atoms. The molecule has 2 aromatic rings. The Balaban J connectivity index is 2.37. The Labute approximate surface area is 105 Å². The quantitative estimate of drug-likeness (QED) is 0.775. The van der Waals surface area contributed by atoms with E-state index in [1.165, 1.54) is 0 Å². The molecule has 0 saturated carbocycles. The molecule has 88 valence electrons. The normalized spacial score (nSPS) is 14.2. The minimum Gasteiger partial charge on any atom is -0.469 e. The van der Waals surface area contributed by atoms with Crippen LogP contribution < -0.4 is 0 Å². The van der Waals surface area contributed by atoms with Crippen molar-refractivity contribution in [3.8, 4) is 0 Å². The van der Waals surface area contributed by atoms with Gasteiger partial charge in [-0.05, 0) is 36.2 Å². The first kappa shape index (κ1) is 11.9. The number of carbonyl (C=O) groups is 1. The number of halogens is 1. The first-order chi connectivity index (χ1) is 8.13. The van der Waals surface area contributed by atoms with E-state index >= 15 is 0 Å². The number of carbonyl (C=O) groups excluding carboxylic acids is 1. The first-order valence-corrected chi connectivity index (χ1v) is 5.78. The fourth-order valence-electron chi connectivity index (χ4n) is 1.85. The molecule has 1 heterocycles. The summed E-state index contributed by atoms with van der Waals surface area (Å²) >= 11 is 5.76. The molecule has 0 aliphatic heterocycles. The van der Waals surface area contributed by atoms with Crippen molar-refractivity contribution in [1.29, 1.82) is 0 Å². The highest BCUT2D eigenvalue weighted by molar-refractivity contribution is 6.65. The van der Waals surface area contributed by atoms with Crippen molar-refractivity contribution in [3.63, 3.8) is 0 Å². The Morgan fingerprint density at radius 2 is 1.94 bits per heavy atom. The van der Waals surface area contributed by atoms with Gasteiger partial charge in [-0.2, -0.15) is 0 Å². The average molecular weight is 249 g/mol. The van der Waals surface area contributed by atoms with Gasteiger partial charge in [-0.25, -0.2) is 0 Å². The Morgan fingerprint density at radius 3 is 2.47 bits per heavy atom. The molecule has 2 nitrogen and oxygen atoms in total. The van der Waals surface area contributed by atoms with Gasteiger partial charge in [0.2, 0.25) is 5.24 Å². The Bertz CT molecular complexity index is 490. The lowest BCUT2D eigenvalue weighted by Crippen LogP contribution is -2.31. The first-order valence-electron chi connectivity index (χ1n) is 5.41. The van der Waals surface area contributed by atoms with Gasteiger partial charge in [-0.15, -0.1) is 0 Å². The molecule has 0 spiro atoms. The topological polar surface area (TPSA) is 30.2 Å². The van der Waals surface area contributed by atoms with Crippen LogP contribution in [-0.2, 0) is 16.6 Å². The van der Waals surface area contributed by atoms with E-state index < -0.39 is 5.41 Å². The van der Waals surface area contributed by atoms with Crippen LogP contribution in [0.25, 0.3) is 0 Å². The van der Waals surface area contributed by atoms with Gasteiger partial charge in [0, 0.05) is 6.42 Å². The lowest BCUT2D eigenvalue weighted by molar-refractivity contribution is -0.116. The molecule has 1 unspecified atom stereocenters. The molecule has 1 aromatic heterocycles. The fraction of sp³-hybridized carbons (Fsp3) is 0.214. The summed E-state index contributed by atoms with van der Waals surface area (Å²) in [6, 6.07) is 13.2. The molecular weight excluding hydrogens is 236 g/mol. The molecular formula is C14H13ClO2. The molecule has 0 fully saturated rings. The summed E-state index contributed by atoms with van der Waals surface area (Å²) in [6.45, 7) is 1.83. The molecule has 0 radical (unpaired) electrons. The maximum absolute atomic E-state index is 11.7. The molecule has 0 aliphatic carbocycles. The molecule has 0 N–H and O–H groups in total. The minimum absolute atomic E-state index is 0.375. The van der Waals surface area contributed by atoms with Crippen LogP contribution >= 0.6 is 11.6 Å². The van der Waals surface area contributed by atoms with Gasteiger partial charge in [-0.1, -0.05) is 30.3 Å². The number of hydrogen-bond donors (Lipinski definition) is 0. The molecule has 0 amide bonds. The van der Waals surface area contributed by atoms with Gasteiger partial charge in [0.1, 0.15) is 5.76 Å². The summed E-state index contributed by atoms with van der Waals surface area (Å²) in [4.78, 5) is 11.7. The second kappa shape index (κ2) is 4.76. The van der Waals surface area contributed by atoms with Gasteiger partial charge in [0.15, 0.2) is 0 Å². The van der Waals surface area contributed by atoms with E-state index in [-0.39, 0.29) is 5.24 Å². The van der Waals surface area contributed by atoms with E-state index in [0.29, 0.717) is 6.42 Å². The number of benzene rings is 1. The lowest BCUT2D eigenvalue weighted by Gasteiger charge is -2.24. The summed E-state index contributed by atoms with van der Waals surface area (Å²) in [6.07, 6.45) is 2.06. The predicted molar refractivity (Wildman–Crippen MR) is 67.1 cm³/mol. The maximum Gasteiger partial charge on any atom is 0.232 e. The highest BCUT2D eigenvalue weighted by Gasteiger charge is 2.34. The molecule has 2 rings (SSSR count). The van der Waals surface area contributed by atoms with E-state index in [4.69, 9.17) is 16.0 Å². The van der Waals surface area contributed by atoms with E-state index in [9.17, 15) is 4.79 Å². The molecule has 0 saturated heterocycles. The zero-order chi connectivity index (χ0) is 12.3. The Morgan fingerprint density at radius 1 is 1.24 bits per heavy atom. The van der Waals surface area contributed by atoms with Crippen molar-refractivity contribution in [2.75, 3.05) is 0 Å². The monoisotopic (exact) mass is 248 g/mol. The Hall–Kier alpha value is -1.54. The van der Waals surface area contributed by atoms with Crippen LogP contribution in [-0.4, -0.2) is 5.24 Å². The van der Waals surface area contributed by atoms with Gasteiger partial charge < -0.3 is 4.42 Å². The summed E-state index contributed by atoms with van der Waals surface area (Å²) in [5, 5.41) is -0.375. The number of rotatable bonds is 4. The maximum atomic E-state index is 11.7. The van der Waals surface area contributed by atoms with Crippen LogP contribution in [0.4, 0.5) is 0 Å². The fourth-order valence-corrected chi connectivity index (χ4v) is 2.03. The van der Waals surface area contributed by atoms with Crippen LogP contribution in [0, 0.1) is 0 Å². The highest BCUT2D eigenvalue weighted by atomic mass is 35.5. The van der Waals surface area contributed by atoms with E-state index in [1.807, 2.05) is 43.3 Å². The zero-order valence-electron chi connectivity index (χ0n) is 9.52. The third-order valence-electron chi connectivity index (χ3n) is 2.95. The number of furan rings is 1. The Kier molecular flexibility index (Phi) is 3.34. The average Bonchev–Trinajstić information content (AvgIpc) is 2.82. The second-order valence-electron chi connectivity index (χ2n) is 4.23. The van der Waals surface area contributed by atoms with Crippen molar-refractivity contribution < 1.29 is 9.21 Å². The standard InChI is InChI=1S/C14H13ClO2/c1-14(13(15)16,10-12-8-5-9-17-12)11-6-3-2-4-7-11/h2-9H,10H2,1H3. The van der Waals surface area contributed by atoms with Crippen molar-refractivity contribution >= 4 is 16.8 Å². The van der Waals surface area contributed by atoms with E-state index in [1.54, 1.807) is 12.3 Å². The summed E-state index contributed by atoms with van der Waals surface area (Å²) in [5.41, 5.74) is 0.150. The van der Waals surface area contributed by atoms with E-state index in [2.05, 4.69) is 0 Å². The largest absolute Gasteiger partial charge is 0.469 e. The lowest BCUT2D eigenvalue weighted by atomic mass is 9.80. The third-order valence-corrected chi connectivity index (χ3v) is 3.37. The van der Waals surface area contributed by atoms with Gasteiger partial charge in [0.25, 0.3) is 0 Å². The SMILES string of the molecule is CC(Cc1ccco1)(C(=O)Cl)c1ccccc1.